The van der Waals surface area contributed by atoms with Crippen LogP contribution in [0.25, 0.3) is 11.0 Å². The van der Waals surface area contributed by atoms with Crippen LogP contribution in [0.15, 0.2) is 48.8 Å². The van der Waals surface area contributed by atoms with Crippen LogP contribution >= 0.6 is 0 Å². The molecule has 1 amide bonds. The van der Waals surface area contributed by atoms with Gasteiger partial charge in [0, 0.05) is 32.4 Å². The highest BCUT2D eigenvalue weighted by Gasteiger charge is 2.08. The van der Waals surface area contributed by atoms with E-state index >= 15 is 0 Å². The fourth-order valence-electron chi connectivity index (χ4n) is 2.31. The molecule has 0 saturated heterocycles. The molecule has 0 bridgehead atoms. The summed E-state index contributed by atoms with van der Waals surface area (Å²) in [5.41, 5.74) is 2.65. The number of imidazole rings is 1. The van der Waals surface area contributed by atoms with Gasteiger partial charge in [-0.3, -0.25) is 9.78 Å². The van der Waals surface area contributed by atoms with Crippen LogP contribution in [-0.4, -0.2) is 27.0 Å². The first-order valence-electron chi connectivity index (χ1n) is 6.84. The van der Waals surface area contributed by atoms with Crippen molar-refractivity contribution >= 4 is 16.9 Å². The van der Waals surface area contributed by atoms with Gasteiger partial charge in [0.2, 0.25) is 0 Å². The van der Waals surface area contributed by atoms with Gasteiger partial charge in [0.15, 0.2) is 0 Å². The van der Waals surface area contributed by atoms with Gasteiger partial charge in [-0.25, -0.2) is 4.98 Å². The molecule has 106 valence electrons. The first-order valence-corrected chi connectivity index (χ1v) is 6.84. The van der Waals surface area contributed by atoms with Crippen LogP contribution in [0, 0.1) is 0 Å². The van der Waals surface area contributed by atoms with Crippen LogP contribution in [0.4, 0.5) is 0 Å². The number of aromatic nitrogens is 3. The molecule has 0 unspecified atom stereocenters. The Morgan fingerprint density at radius 3 is 2.86 bits per heavy atom. The van der Waals surface area contributed by atoms with E-state index in [0.717, 1.165) is 16.9 Å². The minimum absolute atomic E-state index is 0.109. The van der Waals surface area contributed by atoms with E-state index in [0.29, 0.717) is 18.5 Å². The van der Waals surface area contributed by atoms with Gasteiger partial charge >= 0.3 is 0 Å². The summed E-state index contributed by atoms with van der Waals surface area (Å²) in [7, 11) is 1.99. The Balaban J connectivity index is 1.65. The van der Waals surface area contributed by atoms with Crippen LogP contribution in [-0.2, 0) is 13.5 Å². The minimum Gasteiger partial charge on any atom is -0.352 e. The van der Waals surface area contributed by atoms with Crippen molar-refractivity contribution in [1.82, 2.24) is 19.9 Å². The maximum Gasteiger partial charge on any atom is 0.252 e. The first-order chi connectivity index (χ1) is 10.3. The van der Waals surface area contributed by atoms with Gasteiger partial charge in [-0.1, -0.05) is 12.1 Å². The third-order valence-corrected chi connectivity index (χ3v) is 3.44. The predicted molar refractivity (Wildman–Crippen MR) is 81.0 cm³/mol. The zero-order chi connectivity index (χ0) is 14.7. The highest BCUT2D eigenvalue weighted by Crippen LogP contribution is 2.14. The summed E-state index contributed by atoms with van der Waals surface area (Å²) >= 11 is 0. The van der Waals surface area contributed by atoms with E-state index in [-0.39, 0.29) is 5.91 Å². The normalized spacial score (nSPS) is 10.7. The Morgan fingerprint density at radius 1 is 1.24 bits per heavy atom. The zero-order valence-electron chi connectivity index (χ0n) is 11.8. The lowest BCUT2D eigenvalue weighted by molar-refractivity contribution is 0.0953. The molecule has 5 heteroatoms. The summed E-state index contributed by atoms with van der Waals surface area (Å²) in [6, 6.07) is 11.5. The van der Waals surface area contributed by atoms with E-state index in [1.807, 2.05) is 31.3 Å². The molecule has 0 aliphatic heterocycles. The van der Waals surface area contributed by atoms with Gasteiger partial charge in [0.05, 0.1) is 16.6 Å². The van der Waals surface area contributed by atoms with Crippen LogP contribution in [0.3, 0.4) is 0 Å². The van der Waals surface area contributed by atoms with Crippen molar-refractivity contribution in [3.05, 3.63) is 60.2 Å². The molecule has 0 aliphatic rings. The van der Waals surface area contributed by atoms with Gasteiger partial charge in [0.1, 0.15) is 5.82 Å². The molecule has 0 fully saturated rings. The number of nitrogens with one attached hydrogen (secondary N) is 1. The Hall–Kier alpha value is -2.69. The van der Waals surface area contributed by atoms with Crippen molar-refractivity contribution in [1.29, 1.82) is 0 Å². The highest BCUT2D eigenvalue weighted by molar-refractivity contribution is 5.93. The lowest BCUT2D eigenvalue weighted by Crippen LogP contribution is -2.26. The highest BCUT2D eigenvalue weighted by atomic mass is 16.1. The Labute approximate surface area is 122 Å². The number of carbonyl (C=O) groups is 1. The van der Waals surface area contributed by atoms with E-state index in [1.54, 1.807) is 24.5 Å². The lowest BCUT2D eigenvalue weighted by Gasteiger charge is -2.05. The van der Waals surface area contributed by atoms with Gasteiger partial charge in [-0.05, 0) is 24.3 Å². The van der Waals surface area contributed by atoms with Crippen molar-refractivity contribution in [3.63, 3.8) is 0 Å². The fraction of sp³-hybridized carbons (Fsp3) is 0.188. The molecule has 3 aromatic rings. The third-order valence-electron chi connectivity index (χ3n) is 3.44. The molecule has 1 aromatic carbocycles. The second kappa shape index (κ2) is 5.75. The van der Waals surface area contributed by atoms with E-state index in [9.17, 15) is 4.79 Å². The molecule has 2 heterocycles. The fourth-order valence-corrected chi connectivity index (χ4v) is 2.31. The Kier molecular flexibility index (Phi) is 3.64. The van der Waals surface area contributed by atoms with Crippen molar-refractivity contribution in [2.45, 2.75) is 6.42 Å². The minimum atomic E-state index is -0.109. The molecule has 2 aromatic heterocycles. The molecule has 0 saturated carbocycles. The van der Waals surface area contributed by atoms with E-state index in [1.165, 1.54) is 0 Å². The molecule has 0 aliphatic carbocycles. The summed E-state index contributed by atoms with van der Waals surface area (Å²) in [5, 5.41) is 2.89. The van der Waals surface area contributed by atoms with Gasteiger partial charge in [0.25, 0.3) is 5.91 Å². The quantitative estimate of drug-likeness (QED) is 0.794. The topological polar surface area (TPSA) is 59.8 Å². The summed E-state index contributed by atoms with van der Waals surface area (Å²) in [6.45, 7) is 0.547. The van der Waals surface area contributed by atoms with Gasteiger partial charge in [-0.15, -0.1) is 0 Å². The number of pyridine rings is 1. The van der Waals surface area contributed by atoms with Crippen LogP contribution in [0.2, 0.25) is 0 Å². The van der Waals surface area contributed by atoms with Crippen molar-refractivity contribution in [2.75, 3.05) is 6.54 Å². The standard InChI is InChI=1S/C16H16N4O/c1-20-14-7-3-2-6-13(14)19-15(20)8-10-18-16(21)12-5-4-9-17-11-12/h2-7,9,11H,8,10H2,1H3,(H,18,21). The van der Waals surface area contributed by atoms with Gasteiger partial charge in [-0.2, -0.15) is 0 Å². The summed E-state index contributed by atoms with van der Waals surface area (Å²) in [5.74, 6) is 0.851. The molecule has 3 rings (SSSR count). The van der Waals surface area contributed by atoms with Crippen LogP contribution < -0.4 is 5.32 Å². The lowest BCUT2D eigenvalue weighted by atomic mass is 10.2. The summed E-state index contributed by atoms with van der Waals surface area (Å²) in [6.07, 6.45) is 3.90. The first kappa shape index (κ1) is 13.3. The number of benzene rings is 1. The predicted octanol–water partition coefficient (Wildman–Crippen LogP) is 1.94. The molecular formula is C16H16N4O. The number of amides is 1. The molecule has 0 atom stereocenters. The van der Waals surface area contributed by atoms with Crippen molar-refractivity contribution < 1.29 is 4.79 Å². The molecule has 0 spiro atoms. The molecule has 0 radical (unpaired) electrons. The van der Waals surface area contributed by atoms with E-state index < -0.39 is 0 Å². The average molecular weight is 280 g/mol. The maximum atomic E-state index is 11.9. The second-order valence-electron chi connectivity index (χ2n) is 4.82. The smallest absolute Gasteiger partial charge is 0.252 e. The molecular weight excluding hydrogens is 264 g/mol. The van der Waals surface area contributed by atoms with E-state index in [2.05, 4.69) is 19.9 Å². The maximum absolute atomic E-state index is 11.9. The summed E-state index contributed by atoms with van der Waals surface area (Å²) in [4.78, 5) is 20.4. The largest absolute Gasteiger partial charge is 0.352 e. The average Bonchev–Trinajstić information content (AvgIpc) is 2.85. The third kappa shape index (κ3) is 2.76. The Bertz CT molecular complexity index is 764. The molecule has 5 nitrogen and oxygen atoms in total. The van der Waals surface area contributed by atoms with Gasteiger partial charge < -0.3 is 9.88 Å². The number of aryl methyl sites for hydroxylation is 1. The molecule has 1 N–H and O–H groups in total. The molecule has 21 heavy (non-hydrogen) atoms. The zero-order valence-corrected chi connectivity index (χ0v) is 11.8. The number of hydrogen-bond acceptors (Lipinski definition) is 3. The number of fused-ring (bicyclic) bond motifs is 1. The summed E-state index contributed by atoms with van der Waals surface area (Å²) < 4.78 is 2.06. The number of rotatable bonds is 4. The van der Waals surface area contributed by atoms with Crippen molar-refractivity contribution in [2.24, 2.45) is 7.05 Å². The van der Waals surface area contributed by atoms with Crippen LogP contribution in [0.5, 0.6) is 0 Å². The monoisotopic (exact) mass is 280 g/mol. The number of para-hydroxylation sites is 2. The Morgan fingerprint density at radius 2 is 2.10 bits per heavy atom. The number of nitrogens with zero attached hydrogens (tertiary/aromatic N) is 3. The van der Waals surface area contributed by atoms with Crippen molar-refractivity contribution in [3.8, 4) is 0 Å². The second-order valence-corrected chi connectivity index (χ2v) is 4.82. The van der Waals surface area contributed by atoms with E-state index in [4.69, 9.17) is 0 Å². The number of carbonyl (C=O) groups excluding carboxylic acids is 1. The number of hydrogen-bond donors (Lipinski definition) is 1. The SMILES string of the molecule is Cn1c(CCNC(=O)c2cccnc2)nc2ccccc21. The van der Waals surface area contributed by atoms with Crippen LogP contribution in [0.1, 0.15) is 16.2 Å².